The Morgan fingerprint density at radius 2 is 1.83 bits per heavy atom. The van der Waals surface area contributed by atoms with Crippen LogP contribution in [0.3, 0.4) is 0 Å². The quantitative estimate of drug-likeness (QED) is 0.898. The second-order valence-corrected chi connectivity index (χ2v) is 7.14. The van der Waals surface area contributed by atoms with Crippen molar-refractivity contribution < 1.29 is 22.0 Å². The number of amides is 1. The molecule has 8 heteroatoms. The maximum absolute atomic E-state index is 13.6. The minimum absolute atomic E-state index is 0.223. The lowest BCUT2D eigenvalue weighted by Gasteiger charge is -2.23. The smallest absolute Gasteiger partial charge is 0.245 e. The molecule has 0 aliphatic rings. The zero-order chi connectivity index (χ0) is 17.9. The summed E-state index contributed by atoms with van der Waals surface area (Å²) in [5, 5.41) is 2.24. The number of sulfonamides is 1. The monoisotopic (exact) mass is 354 g/mol. The minimum atomic E-state index is -3.73. The van der Waals surface area contributed by atoms with Crippen molar-refractivity contribution in [3.05, 3.63) is 59.7 Å². The van der Waals surface area contributed by atoms with E-state index in [0.29, 0.717) is 17.3 Å². The number of hydrogen-bond acceptors (Lipinski definition) is 3. The van der Waals surface area contributed by atoms with Gasteiger partial charge in [0.2, 0.25) is 15.9 Å². The molecule has 0 aromatic heterocycles. The summed E-state index contributed by atoms with van der Waals surface area (Å²) in [4.78, 5) is 12.1. The summed E-state index contributed by atoms with van der Waals surface area (Å²) in [6.45, 7) is 1.19. The fourth-order valence-electron chi connectivity index (χ4n) is 2.14. The molecule has 2 aromatic carbocycles. The fourth-order valence-corrected chi connectivity index (χ4v) is 3.05. The lowest BCUT2D eigenvalue weighted by atomic mass is 10.2. The highest BCUT2D eigenvalue weighted by Crippen LogP contribution is 2.22. The van der Waals surface area contributed by atoms with E-state index < -0.39 is 34.1 Å². The maximum atomic E-state index is 13.6. The van der Waals surface area contributed by atoms with Crippen LogP contribution in [0.5, 0.6) is 0 Å². The van der Waals surface area contributed by atoms with Gasteiger partial charge in [-0.1, -0.05) is 18.2 Å². The van der Waals surface area contributed by atoms with E-state index in [2.05, 4.69) is 5.32 Å². The van der Waals surface area contributed by atoms with Crippen molar-refractivity contribution in [3.8, 4) is 0 Å². The molecule has 2 aromatic rings. The number of benzene rings is 2. The molecule has 0 saturated heterocycles. The molecule has 0 fully saturated rings. The molecular formula is C16H16F2N2O3S. The summed E-state index contributed by atoms with van der Waals surface area (Å²) in [7, 11) is -3.73. The third-order valence-corrected chi connectivity index (χ3v) is 4.40. The number of hydrogen-bond donors (Lipinski definition) is 1. The standard InChI is InChI=1S/C16H16F2N2O3S/c1-11-5-3-4-6-15(11)20(24(2,22)23)10-16(21)19-14-8-7-12(17)9-13(14)18/h3-9H,10H2,1-2H3,(H,19,21). The average molecular weight is 354 g/mol. The van der Waals surface area contributed by atoms with Gasteiger partial charge in [0, 0.05) is 6.07 Å². The van der Waals surface area contributed by atoms with Crippen LogP contribution in [-0.4, -0.2) is 27.1 Å². The van der Waals surface area contributed by atoms with E-state index in [-0.39, 0.29) is 5.69 Å². The Hall–Kier alpha value is -2.48. The number of aryl methyl sites for hydroxylation is 1. The highest BCUT2D eigenvalue weighted by atomic mass is 32.2. The fraction of sp³-hybridized carbons (Fsp3) is 0.188. The summed E-state index contributed by atoms with van der Waals surface area (Å²) >= 11 is 0. The van der Waals surface area contributed by atoms with Gasteiger partial charge in [-0.15, -0.1) is 0 Å². The van der Waals surface area contributed by atoms with Gasteiger partial charge in [0.15, 0.2) is 0 Å². The van der Waals surface area contributed by atoms with Gasteiger partial charge in [-0.2, -0.15) is 0 Å². The van der Waals surface area contributed by atoms with Crippen LogP contribution in [0, 0.1) is 18.6 Å². The molecule has 2 rings (SSSR count). The van der Waals surface area contributed by atoms with Crippen molar-refractivity contribution in [1.29, 1.82) is 0 Å². The number of rotatable bonds is 5. The van der Waals surface area contributed by atoms with Gasteiger partial charge in [0.25, 0.3) is 0 Å². The van der Waals surface area contributed by atoms with Crippen LogP contribution in [0.15, 0.2) is 42.5 Å². The first-order chi connectivity index (χ1) is 11.2. The Bertz CT molecular complexity index is 869. The third kappa shape index (κ3) is 4.29. The third-order valence-electron chi connectivity index (χ3n) is 3.28. The van der Waals surface area contributed by atoms with Gasteiger partial charge in [0.1, 0.15) is 18.2 Å². The summed E-state index contributed by atoms with van der Waals surface area (Å²) < 4.78 is 51.4. The van der Waals surface area contributed by atoms with Crippen molar-refractivity contribution in [3.63, 3.8) is 0 Å². The van der Waals surface area contributed by atoms with Crippen LogP contribution in [0.1, 0.15) is 5.56 Å². The van der Waals surface area contributed by atoms with E-state index in [9.17, 15) is 22.0 Å². The van der Waals surface area contributed by atoms with Crippen molar-refractivity contribution in [2.45, 2.75) is 6.92 Å². The summed E-state index contributed by atoms with van der Waals surface area (Å²) in [6.07, 6.45) is 0.977. The van der Waals surface area contributed by atoms with E-state index in [1.807, 2.05) is 0 Å². The van der Waals surface area contributed by atoms with E-state index in [1.165, 1.54) is 0 Å². The van der Waals surface area contributed by atoms with E-state index >= 15 is 0 Å². The summed E-state index contributed by atoms with van der Waals surface area (Å²) in [5.41, 5.74) is 0.804. The second kappa shape index (κ2) is 6.96. The molecule has 0 atom stereocenters. The predicted octanol–water partition coefficient (Wildman–Crippen LogP) is 2.68. The molecule has 0 aliphatic heterocycles. The minimum Gasteiger partial charge on any atom is -0.322 e. The van der Waals surface area contributed by atoms with Crippen molar-refractivity contribution >= 4 is 27.3 Å². The van der Waals surface area contributed by atoms with Gasteiger partial charge < -0.3 is 5.32 Å². The zero-order valence-electron chi connectivity index (χ0n) is 13.1. The Kier molecular flexibility index (Phi) is 5.18. The number of carbonyl (C=O) groups excluding carboxylic acids is 1. The molecule has 0 bridgehead atoms. The van der Waals surface area contributed by atoms with Crippen molar-refractivity contribution in [1.82, 2.24) is 0 Å². The topological polar surface area (TPSA) is 66.5 Å². The Balaban J connectivity index is 2.24. The van der Waals surface area contributed by atoms with E-state index in [0.717, 1.165) is 22.7 Å². The van der Waals surface area contributed by atoms with Crippen LogP contribution in [0.4, 0.5) is 20.2 Å². The molecule has 5 nitrogen and oxygen atoms in total. The van der Waals surface area contributed by atoms with Crippen LogP contribution in [0.25, 0.3) is 0 Å². The molecule has 128 valence electrons. The molecular weight excluding hydrogens is 338 g/mol. The number of anilines is 2. The number of carbonyl (C=O) groups is 1. The first-order valence-electron chi connectivity index (χ1n) is 6.97. The predicted molar refractivity (Wildman–Crippen MR) is 88.4 cm³/mol. The molecule has 0 saturated carbocycles. The molecule has 24 heavy (non-hydrogen) atoms. The lowest BCUT2D eigenvalue weighted by Crippen LogP contribution is -2.38. The van der Waals surface area contributed by atoms with E-state index in [1.54, 1.807) is 31.2 Å². The van der Waals surface area contributed by atoms with Crippen LogP contribution < -0.4 is 9.62 Å². The van der Waals surface area contributed by atoms with Crippen molar-refractivity contribution in [2.24, 2.45) is 0 Å². The van der Waals surface area contributed by atoms with Gasteiger partial charge in [-0.05, 0) is 30.7 Å². The molecule has 1 N–H and O–H groups in total. The normalized spacial score (nSPS) is 11.2. The molecule has 0 aliphatic carbocycles. The number of para-hydroxylation sites is 1. The van der Waals surface area contributed by atoms with Gasteiger partial charge in [-0.25, -0.2) is 17.2 Å². The molecule has 0 radical (unpaired) electrons. The molecule has 1 amide bonds. The molecule has 0 spiro atoms. The zero-order valence-corrected chi connectivity index (χ0v) is 13.9. The van der Waals surface area contributed by atoms with Crippen LogP contribution in [0.2, 0.25) is 0 Å². The first kappa shape index (κ1) is 17.9. The van der Waals surface area contributed by atoms with Crippen LogP contribution in [-0.2, 0) is 14.8 Å². The maximum Gasteiger partial charge on any atom is 0.245 e. The summed E-state index contributed by atoms with van der Waals surface area (Å²) in [6, 6.07) is 9.37. The van der Waals surface area contributed by atoms with Crippen LogP contribution >= 0.6 is 0 Å². The van der Waals surface area contributed by atoms with E-state index in [4.69, 9.17) is 0 Å². The number of nitrogens with zero attached hydrogens (tertiary/aromatic N) is 1. The lowest BCUT2D eigenvalue weighted by molar-refractivity contribution is -0.114. The highest BCUT2D eigenvalue weighted by molar-refractivity contribution is 7.92. The Morgan fingerprint density at radius 1 is 1.17 bits per heavy atom. The van der Waals surface area contributed by atoms with Gasteiger partial charge in [-0.3, -0.25) is 9.10 Å². The molecule has 0 unspecified atom stereocenters. The van der Waals surface area contributed by atoms with Crippen molar-refractivity contribution in [2.75, 3.05) is 22.4 Å². The van der Waals surface area contributed by atoms with Gasteiger partial charge in [0.05, 0.1) is 17.6 Å². The number of nitrogens with one attached hydrogen (secondary N) is 1. The highest BCUT2D eigenvalue weighted by Gasteiger charge is 2.22. The van der Waals surface area contributed by atoms with Gasteiger partial charge >= 0.3 is 0 Å². The summed E-state index contributed by atoms with van der Waals surface area (Å²) in [5.74, 6) is -2.46. The average Bonchev–Trinajstić information content (AvgIpc) is 2.47. The Morgan fingerprint density at radius 3 is 2.42 bits per heavy atom. The number of halogens is 2. The second-order valence-electron chi connectivity index (χ2n) is 5.23. The Labute approximate surface area is 139 Å². The first-order valence-corrected chi connectivity index (χ1v) is 8.81. The SMILES string of the molecule is Cc1ccccc1N(CC(=O)Nc1ccc(F)cc1F)S(C)(=O)=O. The largest absolute Gasteiger partial charge is 0.322 e. The molecule has 0 heterocycles.